The monoisotopic (exact) mass is 286 g/mol. The van der Waals surface area contributed by atoms with Crippen molar-refractivity contribution in [1.29, 1.82) is 0 Å². The Balaban J connectivity index is 2.18. The quantitative estimate of drug-likeness (QED) is 0.825. The van der Waals surface area contributed by atoms with Gasteiger partial charge in [0.2, 0.25) is 5.91 Å². The third-order valence-corrected chi connectivity index (χ3v) is 3.28. The number of hydrogen-bond acceptors (Lipinski definition) is 4. The Morgan fingerprint density at radius 1 is 1.38 bits per heavy atom. The van der Waals surface area contributed by atoms with Crippen molar-refractivity contribution in [3.8, 4) is 0 Å². The van der Waals surface area contributed by atoms with Crippen LogP contribution in [0.3, 0.4) is 0 Å². The summed E-state index contributed by atoms with van der Waals surface area (Å²) in [4.78, 5) is 18.2. The average Bonchev–Trinajstić information content (AvgIpc) is 2.45. The Labute approximate surface area is 125 Å². The van der Waals surface area contributed by atoms with Crippen molar-refractivity contribution in [2.75, 3.05) is 30.8 Å². The van der Waals surface area contributed by atoms with Crippen LogP contribution in [-0.2, 0) is 4.79 Å². The van der Waals surface area contributed by atoms with Gasteiger partial charge in [-0.3, -0.25) is 9.78 Å². The summed E-state index contributed by atoms with van der Waals surface area (Å²) in [5.74, 6) is 0.449. The SMILES string of the molecule is CC(C)CNC(=O)CN(C)c1ccc(N)c2cccnc12. The fraction of sp³-hybridized carbons (Fsp3) is 0.375. The lowest BCUT2D eigenvalue weighted by atomic mass is 10.1. The largest absolute Gasteiger partial charge is 0.398 e. The molecule has 1 aromatic carbocycles. The third-order valence-electron chi connectivity index (χ3n) is 3.28. The molecule has 0 bridgehead atoms. The zero-order valence-electron chi connectivity index (χ0n) is 12.8. The number of amides is 1. The van der Waals surface area contributed by atoms with Gasteiger partial charge in [0, 0.05) is 30.9 Å². The molecule has 0 atom stereocenters. The van der Waals surface area contributed by atoms with Crippen LogP contribution < -0.4 is 16.0 Å². The second-order valence-corrected chi connectivity index (χ2v) is 5.63. The Hall–Kier alpha value is -2.30. The number of anilines is 2. The number of aromatic nitrogens is 1. The molecule has 0 fully saturated rings. The van der Waals surface area contributed by atoms with Crippen LogP contribution >= 0.6 is 0 Å². The molecule has 5 heteroatoms. The number of nitrogen functional groups attached to an aromatic ring is 1. The molecule has 3 N–H and O–H groups in total. The molecule has 0 saturated heterocycles. The second kappa shape index (κ2) is 6.43. The number of nitrogens with two attached hydrogens (primary N) is 1. The minimum absolute atomic E-state index is 0.00658. The number of likely N-dealkylation sites (N-methyl/N-ethyl adjacent to an activating group) is 1. The summed E-state index contributed by atoms with van der Waals surface area (Å²) < 4.78 is 0. The smallest absolute Gasteiger partial charge is 0.239 e. The highest BCUT2D eigenvalue weighted by atomic mass is 16.2. The number of pyridine rings is 1. The summed E-state index contributed by atoms with van der Waals surface area (Å²) in [5.41, 5.74) is 8.38. The number of hydrogen-bond donors (Lipinski definition) is 2. The Bertz CT molecular complexity index is 639. The molecule has 0 unspecified atom stereocenters. The van der Waals surface area contributed by atoms with Crippen LogP contribution in [0, 0.1) is 5.92 Å². The molecule has 1 amide bonds. The van der Waals surface area contributed by atoms with Gasteiger partial charge in [-0.25, -0.2) is 0 Å². The Morgan fingerprint density at radius 3 is 2.86 bits per heavy atom. The fourth-order valence-corrected chi connectivity index (χ4v) is 2.16. The van der Waals surface area contributed by atoms with Crippen LogP contribution in [0.25, 0.3) is 10.9 Å². The standard InChI is InChI=1S/C16H22N4O/c1-11(2)9-19-15(21)10-20(3)14-7-6-13(17)12-5-4-8-18-16(12)14/h4-8,11H,9-10,17H2,1-3H3,(H,19,21). The zero-order valence-corrected chi connectivity index (χ0v) is 12.8. The van der Waals surface area contributed by atoms with Crippen molar-refractivity contribution in [3.05, 3.63) is 30.5 Å². The van der Waals surface area contributed by atoms with E-state index in [1.165, 1.54) is 0 Å². The van der Waals surface area contributed by atoms with Crippen molar-refractivity contribution in [2.24, 2.45) is 5.92 Å². The summed E-state index contributed by atoms with van der Waals surface area (Å²) >= 11 is 0. The van der Waals surface area contributed by atoms with Gasteiger partial charge >= 0.3 is 0 Å². The number of fused-ring (bicyclic) bond motifs is 1. The minimum atomic E-state index is 0.00658. The molecule has 2 aromatic rings. The molecular formula is C16H22N4O. The number of carbonyl (C=O) groups is 1. The summed E-state index contributed by atoms with van der Waals surface area (Å²) in [5, 5.41) is 3.82. The predicted molar refractivity (Wildman–Crippen MR) is 87.3 cm³/mol. The van der Waals surface area contributed by atoms with Gasteiger partial charge in [0.05, 0.1) is 17.7 Å². The van der Waals surface area contributed by atoms with Crippen molar-refractivity contribution < 1.29 is 4.79 Å². The average molecular weight is 286 g/mol. The number of rotatable bonds is 5. The fourth-order valence-electron chi connectivity index (χ4n) is 2.16. The topological polar surface area (TPSA) is 71.2 Å². The maximum Gasteiger partial charge on any atom is 0.239 e. The van der Waals surface area contributed by atoms with E-state index in [1.54, 1.807) is 6.20 Å². The number of carbonyl (C=O) groups excluding carboxylic acids is 1. The van der Waals surface area contributed by atoms with Gasteiger partial charge in [0.25, 0.3) is 0 Å². The normalized spacial score (nSPS) is 10.9. The molecule has 1 aromatic heterocycles. The summed E-state index contributed by atoms with van der Waals surface area (Å²) in [7, 11) is 1.88. The van der Waals surface area contributed by atoms with Crippen LogP contribution in [0.15, 0.2) is 30.5 Å². The van der Waals surface area contributed by atoms with Crippen LogP contribution in [0.5, 0.6) is 0 Å². The highest BCUT2D eigenvalue weighted by molar-refractivity contribution is 5.99. The molecule has 21 heavy (non-hydrogen) atoms. The highest BCUT2D eigenvalue weighted by Crippen LogP contribution is 2.28. The molecular weight excluding hydrogens is 264 g/mol. The van der Waals surface area contributed by atoms with E-state index in [2.05, 4.69) is 24.1 Å². The molecule has 1 heterocycles. The van der Waals surface area contributed by atoms with Gasteiger partial charge in [-0.05, 0) is 30.2 Å². The van der Waals surface area contributed by atoms with E-state index in [0.717, 1.165) is 16.6 Å². The van der Waals surface area contributed by atoms with E-state index in [-0.39, 0.29) is 5.91 Å². The maximum absolute atomic E-state index is 11.9. The first-order valence-corrected chi connectivity index (χ1v) is 7.10. The molecule has 0 aliphatic rings. The Kier molecular flexibility index (Phi) is 4.62. The van der Waals surface area contributed by atoms with E-state index >= 15 is 0 Å². The molecule has 0 saturated carbocycles. The van der Waals surface area contributed by atoms with E-state index in [4.69, 9.17) is 5.73 Å². The van der Waals surface area contributed by atoms with Crippen molar-refractivity contribution in [1.82, 2.24) is 10.3 Å². The Morgan fingerprint density at radius 2 is 2.14 bits per heavy atom. The highest BCUT2D eigenvalue weighted by Gasteiger charge is 2.12. The van der Waals surface area contributed by atoms with Crippen molar-refractivity contribution in [3.63, 3.8) is 0 Å². The molecule has 5 nitrogen and oxygen atoms in total. The first-order chi connectivity index (χ1) is 9.99. The van der Waals surface area contributed by atoms with E-state index in [9.17, 15) is 4.79 Å². The molecule has 0 spiro atoms. The lowest BCUT2D eigenvalue weighted by molar-refractivity contribution is -0.119. The lowest BCUT2D eigenvalue weighted by Gasteiger charge is -2.21. The van der Waals surface area contributed by atoms with Gasteiger partial charge in [-0.2, -0.15) is 0 Å². The zero-order chi connectivity index (χ0) is 15.4. The van der Waals surface area contributed by atoms with E-state index in [0.29, 0.717) is 24.7 Å². The molecule has 112 valence electrons. The van der Waals surface area contributed by atoms with Crippen molar-refractivity contribution >= 4 is 28.2 Å². The minimum Gasteiger partial charge on any atom is -0.398 e. The number of benzene rings is 1. The summed E-state index contributed by atoms with van der Waals surface area (Å²) in [6.07, 6.45) is 1.73. The van der Waals surface area contributed by atoms with Crippen LogP contribution in [-0.4, -0.2) is 31.0 Å². The van der Waals surface area contributed by atoms with Crippen LogP contribution in [0.4, 0.5) is 11.4 Å². The van der Waals surface area contributed by atoms with Gasteiger partial charge in [-0.15, -0.1) is 0 Å². The van der Waals surface area contributed by atoms with E-state index in [1.807, 2.05) is 36.2 Å². The number of nitrogens with zero attached hydrogens (tertiary/aromatic N) is 2. The van der Waals surface area contributed by atoms with Gasteiger partial charge in [0.15, 0.2) is 0 Å². The predicted octanol–water partition coefficient (Wildman–Crippen LogP) is 2.03. The first kappa shape index (κ1) is 15.1. The summed E-state index contributed by atoms with van der Waals surface area (Å²) in [6, 6.07) is 7.55. The van der Waals surface area contributed by atoms with Gasteiger partial charge in [0.1, 0.15) is 0 Å². The molecule has 0 aliphatic carbocycles. The molecule has 2 rings (SSSR count). The van der Waals surface area contributed by atoms with Crippen LogP contribution in [0.2, 0.25) is 0 Å². The molecule has 0 radical (unpaired) electrons. The van der Waals surface area contributed by atoms with E-state index < -0.39 is 0 Å². The lowest BCUT2D eigenvalue weighted by Crippen LogP contribution is -2.36. The second-order valence-electron chi connectivity index (χ2n) is 5.63. The van der Waals surface area contributed by atoms with Gasteiger partial charge in [-0.1, -0.05) is 13.8 Å². The number of nitrogens with one attached hydrogen (secondary N) is 1. The van der Waals surface area contributed by atoms with Crippen molar-refractivity contribution in [2.45, 2.75) is 13.8 Å². The van der Waals surface area contributed by atoms with Crippen LogP contribution in [0.1, 0.15) is 13.8 Å². The third kappa shape index (κ3) is 3.62. The maximum atomic E-state index is 11.9. The first-order valence-electron chi connectivity index (χ1n) is 7.10. The summed E-state index contributed by atoms with van der Waals surface area (Å²) in [6.45, 7) is 5.12. The molecule has 0 aliphatic heterocycles. The van der Waals surface area contributed by atoms with Gasteiger partial charge < -0.3 is 16.0 Å².